The molecule has 3 heterocycles. The first-order valence-corrected chi connectivity index (χ1v) is 14.6. The van der Waals surface area contributed by atoms with Gasteiger partial charge in [-0.1, -0.05) is 72.8 Å². The van der Waals surface area contributed by atoms with E-state index in [1.54, 1.807) is 23.1 Å². The summed E-state index contributed by atoms with van der Waals surface area (Å²) in [6.07, 6.45) is 2.67. The minimum Gasteiger partial charge on any atom is -0.505 e. The largest absolute Gasteiger partial charge is 0.505 e. The summed E-state index contributed by atoms with van der Waals surface area (Å²) in [5.74, 6) is -0.742. The number of nitrogens with zero attached hydrogens (tertiary/aromatic N) is 3. The highest BCUT2D eigenvalue weighted by molar-refractivity contribution is 6.12. The molecule has 0 radical (unpaired) electrons. The number of nitrogens with one attached hydrogen (secondary N) is 1. The number of carbonyl (C=O) groups is 3. The third-order valence-corrected chi connectivity index (χ3v) is 7.71. The van der Waals surface area contributed by atoms with Gasteiger partial charge < -0.3 is 14.7 Å². The Kier molecular flexibility index (Phi) is 8.36. The van der Waals surface area contributed by atoms with Gasteiger partial charge in [-0.15, -0.1) is 0 Å². The number of amides is 2. The molecule has 0 atom stereocenters. The van der Waals surface area contributed by atoms with Crippen LogP contribution in [0.1, 0.15) is 56.7 Å². The number of fused-ring (bicyclic) bond motifs is 1. The van der Waals surface area contributed by atoms with Gasteiger partial charge in [-0.25, -0.2) is 10.2 Å². The van der Waals surface area contributed by atoms with Crippen LogP contribution in [-0.4, -0.2) is 44.3 Å². The predicted octanol–water partition coefficient (Wildman–Crippen LogP) is 5.56. The maximum absolute atomic E-state index is 13.8. The smallest absolute Gasteiger partial charge is 0.426 e. The number of ketones is 1. The Labute approximate surface area is 255 Å². The molecule has 3 aromatic carbocycles. The molecule has 1 fully saturated rings. The number of rotatable bonds is 8. The summed E-state index contributed by atoms with van der Waals surface area (Å²) in [4.78, 5) is 45.2. The van der Waals surface area contributed by atoms with Crippen LogP contribution >= 0.6 is 0 Å². The first kappa shape index (κ1) is 28.7. The maximum atomic E-state index is 13.8. The fourth-order valence-electron chi connectivity index (χ4n) is 5.60. The quantitative estimate of drug-likeness (QED) is 0.205. The number of ether oxygens (including phenoxy) is 1. The number of hydrogen-bond acceptors (Lipinski definition) is 7. The SMILES string of the molecule is O=C(NN1Cc2cccnc2C(=O)C1=C(O)c1cc(Cc2ccccc2)cc(CN2CCCC2=O)c1)OCc1ccccc1. The second-order valence-electron chi connectivity index (χ2n) is 10.9. The lowest BCUT2D eigenvalue weighted by atomic mass is 9.96. The first-order chi connectivity index (χ1) is 21.4. The van der Waals surface area contributed by atoms with Crippen LogP contribution in [0, 0.1) is 0 Å². The Morgan fingerprint density at radius 1 is 0.886 bits per heavy atom. The van der Waals surface area contributed by atoms with Gasteiger partial charge in [-0.2, -0.15) is 0 Å². The van der Waals surface area contributed by atoms with Crippen molar-refractivity contribution in [3.63, 3.8) is 0 Å². The van der Waals surface area contributed by atoms with Crippen molar-refractivity contribution >= 4 is 23.5 Å². The Bertz CT molecular complexity index is 1720. The fourth-order valence-corrected chi connectivity index (χ4v) is 5.60. The third kappa shape index (κ3) is 6.47. The molecule has 44 heavy (non-hydrogen) atoms. The number of benzene rings is 3. The predicted molar refractivity (Wildman–Crippen MR) is 164 cm³/mol. The molecule has 2 aliphatic heterocycles. The molecule has 2 N–H and O–H groups in total. The highest BCUT2D eigenvalue weighted by atomic mass is 16.6. The van der Waals surface area contributed by atoms with Crippen LogP contribution in [-0.2, 0) is 35.6 Å². The summed E-state index contributed by atoms with van der Waals surface area (Å²) in [6, 6.07) is 28.3. The van der Waals surface area contributed by atoms with E-state index in [2.05, 4.69) is 10.4 Å². The van der Waals surface area contributed by atoms with Crippen LogP contribution in [0.4, 0.5) is 4.79 Å². The minimum absolute atomic E-state index is 0.0394. The number of carbonyl (C=O) groups excluding carboxylic acids is 3. The van der Waals surface area contributed by atoms with Crippen molar-refractivity contribution < 1.29 is 24.2 Å². The highest BCUT2D eigenvalue weighted by Gasteiger charge is 2.34. The molecular weight excluding hydrogens is 556 g/mol. The van der Waals surface area contributed by atoms with Crippen LogP contribution < -0.4 is 5.43 Å². The van der Waals surface area contributed by atoms with E-state index in [0.29, 0.717) is 37.1 Å². The number of hydrogen-bond donors (Lipinski definition) is 2. The van der Waals surface area contributed by atoms with Crippen molar-refractivity contribution in [1.82, 2.24) is 20.3 Å². The van der Waals surface area contributed by atoms with Crippen molar-refractivity contribution in [1.29, 1.82) is 0 Å². The molecule has 0 unspecified atom stereocenters. The molecule has 6 rings (SSSR count). The average Bonchev–Trinajstić information content (AvgIpc) is 3.44. The number of aromatic nitrogens is 1. The molecule has 1 saturated heterocycles. The second kappa shape index (κ2) is 12.8. The summed E-state index contributed by atoms with van der Waals surface area (Å²) in [6.45, 7) is 1.20. The Morgan fingerprint density at radius 3 is 2.34 bits per heavy atom. The van der Waals surface area contributed by atoms with Gasteiger partial charge in [0.15, 0.2) is 5.76 Å². The minimum atomic E-state index is -0.773. The zero-order valence-electron chi connectivity index (χ0n) is 24.1. The van der Waals surface area contributed by atoms with E-state index in [1.165, 1.54) is 11.2 Å². The first-order valence-electron chi connectivity index (χ1n) is 14.6. The number of Topliss-reactive ketones (excluding diaryl/α,β-unsaturated/α-hetero) is 1. The fraction of sp³-hybridized carbons (Fsp3) is 0.200. The van der Waals surface area contributed by atoms with Gasteiger partial charge in [-0.3, -0.25) is 19.6 Å². The summed E-state index contributed by atoms with van der Waals surface area (Å²) >= 11 is 0. The van der Waals surface area contributed by atoms with Gasteiger partial charge in [-0.05, 0) is 53.3 Å². The third-order valence-electron chi connectivity index (χ3n) is 7.71. The number of allylic oxidation sites excluding steroid dienone is 1. The molecule has 1 aromatic heterocycles. The standard InChI is InChI=1S/C35H32N4O5/c40-30-14-8-16-38(30)21-27-18-26(17-24-9-3-1-4-10-24)19-29(20-27)33(41)32-34(42)31-28(13-7-15-36-31)22-39(32)37-35(43)44-23-25-11-5-2-6-12-25/h1-7,9-13,15,18-20,41H,8,14,16-17,21-23H2,(H,37,43). The zero-order chi connectivity index (χ0) is 30.5. The summed E-state index contributed by atoms with van der Waals surface area (Å²) < 4.78 is 5.42. The number of likely N-dealkylation sites (tertiary alicyclic amines) is 1. The molecule has 9 heteroatoms. The number of hydrazine groups is 1. The van der Waals surface area contributed by atoms with E-state index in [9.17, 15) is 19.5 Å². The van der Waals surface area contributed by atoms with Gasteiger partial charge in [0.1, 0.15) is 18.0 Å². The molecular formula is C35H32N4O5. The molecule has 0 saturated carbocycles. The van der Waals surface area contributed by atoms with Gasteiger partial charge in [0.2, 0.25) is 11.7 Å². The van der Waals surface area contributed by atoms with Crippen LogP contribution in [0.25, 0.3) is 5.76 Å². The van der Waals surface area contributed by atoms with Crippen molar-refractivity contribution in [2.24, 2.45) is 0 Å². The van der Waals surface area contributed by atoms with Crippen LogP contribution in [0.2, 0.25) is 0 Å². The summed E-state index contributed by atoms with van der Waals surface area (Å²) in [5, 5.41) is 13.1. The lowest BCUT2D eigenvalue weighted by Crippen LogP contribution is -2.46. The average molecular weight is 589 g/mol. The van der Waals surface area contributed by atoms with Crippen molar-refractivity contribution in [3.05, 3.63) is 142 Å². The van der Waals surface area contributed by atoms with Crippen molar-refractivity contribution in [3.8, 4) is 0 Å². The lowest BCUT2D eigenvalue weighted by Gasteiger charge is -2.31. The van der Waals surface area contributed by atoms with Gasteiger partial charge >= 0.3 is 6.09 Å². The van der Waals surface area contributed by atoms with E-state index < -0.39 is 11.9 Å². The normalized spacial score (nSPS) is 15.6. The molecule has 0 spiro atoms. The van der Waals surface area contributed by atoms with E-state index >= 15 is 0 Å². The summed E-state index contributed by atoms with van der Waals surface area (Å²) in [7, 11) is 0. The van der Waals surface area contributed by atoms with E-state index in [-0.39, 0.29) is 36.2 Å². The van der Waals surface area contributed by atoms with Gasteiger partial charge in [0.05, 0.1) is 6.54 Å². The van der Waals surface area contributed by atoms with E-state index in [4.69, 9.17) is 4.74 Å². The molecule has 4 aromatic rings. The van der Waals surface area contributed by atoms with Gasteiger partial charge in [0.25, 0.3) is 0 Å². The number of aliphatic hydroxyl groups excluding tert-OH is 1. The monoisotopic (exact) mass is 588 g/mol. The second-order valence-corrected chi connectivity index (χ2v) is 10.9. The van der Waals surface area contributed by atoms with Crippen molar-refractivity contribution in [2.75, 3.05) is 6.54 Å². The maximum Gasteiger partial charge on any atom is 0.426 e. The number of pyridine rings is 1. The molecule has 0 bridgehead atoms. The van der Waals surface area contributed by atoms with Crippen LogP contribution in [0.15, 0.2) is 103 Å². The number of aliphatic hydroxyl groups is 1. The molecule has 9 nitrogen and oxygen atoms in total. The van der Waals surface area contributed by atoms with Crippen LogP contribution in [0.5, 0.6) is 0 Å². The van der Waals surface area contributed by atoms with Gasteiger partial charge in [0, 0.05) is 36.8 Å². The Hall–Kier alpha value is -5.44. The topological polar surface area (TPSA) is 112 Å². The zero-order valence-corrected chi connectivity index (χ0v) is 24.1. The highest BCUT2D eigenvalue weighted by Crippen LogP contribution is 2.30. The molecule has 2 aliphatic rings. The van der Waals surface area contributed by atoms with E-state index in [0.717, 1.165) is 28.7 Å². The summed E-state index contributed by atoms with van der Waals surface area (Å²) in [5.41, 5.74) is 7.36. The van der Waals surface area contributed by atoms with Crippen molar-refractivity contribution in [2.45, 2.75) is 39.0 Å². The lowest BCUT2D eigenvalue weighted by molar-refractivity contribution is -0.128. The molecule has 222 valence electrons. The van der Waals surface area contributed by atoms with Crippen LogP contribution in [0.3, 0.4) is 0 Å². The molecule has 0 aliphatic carbocycles. The Balaban J connectivity index is 1.36. The Morgan fingerprint density at radius 2 is 1.61 bits per heavy atom. The molecule has 2 amide bonds. The van der Waals surface area contributed by atoms with E-state index in [1.807, 2.05) is 72.8 Å².